The highest BCUT2D eigenvalue weighted by Crippen LogP contribution is 2.22. The molecule has 0 bridgehead atoms. The zero-order valence-corrected chi connectivity index (χ0v) is 12.9. The van der Waals surface area contributed by atoms with Crippen molar-refractivity contribution in [2.24, 2.45) is 10.9 Å². The standard InChI is InChI=1S/C14H18ClFN2O3/c1-14(2,3)21-12(19)5-4-8-6-10(15)9(7-11(8)16)13(17)18-20/h6-7,20H,4-5H2,1-3H3,(H2,17,18). The molecule has 0 heterocycles. The van der Waals surface area contributed by atoms with Gasteiger partial charge in [0.1, 0.15) is 11.4 Å². The minimum Gasteiger partial charge on any atom is -0.460 e. The van der Waals surface area contributed by atoms with E-state index in [1.807, 2.05) is 0 Å². The smallest absolute Gasteiger partial charge is 0.306 e. The van der Waals surface area contributed by atoms with Crippen LogP contribution in [0.5, 0.6) is 0 Å². The molecule has 0 fully saturated rings. The molecule has 21 heavy (non-hydrogen) atoms. The topological polar surface area (TPSA) is 84.9 Å². The first-order chi connectivity index (χ1) is 9.64. The molecule has 0 aliphatic carbocycles. The van der Waals surface area contributed by atoms with Crippen LogP contribution < -0.4 is 5.73 Å². The highest BCUT2D eigenvalue weighted by Gasteiger charge is 2.17. The third kappa shape index (κ3) is 5.23. The molecule has 0 spiro atoms. The first-order valence-corrected chi connectivity index (χ1v) is 6.69. The van der Waals surface area contributed by atoms with Crippen molar-refractivity contribution in [3.63, 3.8) is 0 Å². The van der Waals surface area contributed by atoms with E-state index in [0.717, 1.165) is 6.07 Å². The van der Waals surface area contributed by atoms with Gasteiger partial charge in [-0.2, -0.15) is 0 Å². The Kier molecular flexibility index (Phi) is 5.54. The lowest BCUT2D eigenvalue weighted by Crippen LogP contribution is -2.24. The number of aryl methyl sites for hydroxylation is 1. The van der Waals surface area contributed by atoms with Crippen molar-refractivity contribution < 1.29 is 19.1 Å². The SMILES string of the molecule is CC(C)(C)OC(=O)CCc1cc(Cl)c(/C(N)=N/O)cc1F. The molecule has 0 unspecified atom stereocenters. The second kappa shape index (κ2) is 6.76. The van der Waals surface area contributed by atoms with Crippen LogP contribution in [0, 0.1) is 5.82 Å². The van der Waals surface area contributed by atoms with E-state index in [4.69, 9.17) is 27.3 Å². The molecule has 0 saturated carbocycles. The van der Waals surface area contributed by atoms with Crippen LogP contribution in [0.4, 0.5) is 4.39 Å². The van der Waals surface area contributed by atoms with E-state index >= 15 is 0 Å². The van der Waals surface area contributed by atoms with Crippen molar-refractivity contribution in [2.45, 2.75) is 39.2 Å². The highest BCUT2D eigenvalue weighted by molar-refractivity contribution is 6.34. The Labute approximate surface area is 127 Å². The van der Waals surface area contributed by atoms with E-state index in [-0.39, 0.29) is 34.8 Å². The van der Waals surface area contributed by atoms with E-state index in [0.29, 0.717) is 0 Å². The van der Waals surface area contributed by atoms with Gasteiger partial charge in [0.05, 0.1) is 5.02 Å². The minimum absolute atomic E-state index is 0.0352. The van der Waals surface area contributed by atoms with Crippen molar-refractivity contribution in [3.8, 4) is 0 Å². The van der Waals surface area contributed by atoms with Crippen molar-refractivity contribution >= 4 is 23.4 Å². The summed E-state index contributed by atoms with van der Waals surface area (Å²) in [7, 11) is 0. The molecule has 0 atom stereocenters. The lowest BCUT2D eigenvalue weighted by Gasteiger charge is -2.19. The van der Waals surface area contributed by atoms with Gasteiger partial charge in [-0.3, -0.25) is 4.79 Å². The van der Waals surface area contributed by atoms with Gasteiger partial charge in [-0.25, -0.2) is 4.39 Å². The maximum atomic E-state index is 13.9. The number of hydrogen-bond acceptors (Lipinski definition) is 4. The molecule has 0 aliphatic rings. The van der Waals surface area contributed by atoms with Crippen LogP contribution in [0.2, 0.25) is 5.02 Å². The summed E-state index contributed by atoms with van der Waals surface area (Å²) in [5.41, 5.74) is 5.16. The van der Waals surface area contributed by atoms with Gasteiger partial charge in [0, 0.05) is 12.0 Å². The molecule has 0 aromatic heterocycles. The molecular formula is C14H18ClFN2O3. The molecule has 7 heteroatoms. The summed E-state index contributed by atoms with van der Waals surface area (Å²) >= 11 is 5.94. The number of carbonyl (C=O) groups excluding carboxylic acids is 1. The molecular weight excluding hydrogens is 299 g/mol. The molecule has 5 nitrogen and oxygen atoms in total. The molecule has 1 rings (SSSR count). The lowest BCUT2D eigenvalue weighted by molar-refractivity contribution is -0.154. The summed E-state index contributed by atoms with van der Waals surface area (Å²) in [5, 5.41) is 11.5. The number of ether oxygens (including phenoxy) is 1. The average Bonchev–Trinajstić information content (AvgIpc) is 2.36. The number of nitrogens with zero attached hydrogens (tertiary/aromatic N) is 1. The number of amidine groups is 1. The Morgan fingerprint density at radius 2 is 2.10 bits per heavy atom. The predicted molar refractivity (Wildman–Crippen MR) is 78.1 cm³/mol. The third-order valence-corrected chi connectivity index (χ3v) is 2.85. The maximum Gasteiger partial charge on any atom is 0.306 e. The summed E-state index contributed by atoms with van der Waals surface area (Å²) in [6.45, 7) is 5.27. The second-order valence-electron chi connectivity index (χ2n) is 5.50. The maximum absolute atomic E-state index is 13.9. The Balaban J connectivity index is 2.82. The van der Waals surface area contributed by atoms with Crippen LogP contribution in [0.3, 0.4) is 0 Å². The molecule has 0 aliphatic heterocycles. The van der Waals surface area contributed by atoms with Gasteiger partial charge in [-0.05, 0) is 44.9 Å². The minimum atomic E-state index is -0.580. The van der Waals surface area contributed by atoms with E-state index in [1.165, 1.54) is 6.07 Å². The van der Waals surface area contributed by atoms with Crippen molar-refractivity contribution in [1.29, 1.82) is 0 Å². The Morgan fingerprint density at radius 3 is 2.62 bits per heavy atom. The Hall–Kier alpha value is -1.82. The van der Waals surface area contributed by atoms with Gasteiger partial charge in [0.2, 0.25) is 0 Å². The Bertz CT molecular complexity index is 568. The summed E-state index contributed by atoms with van der Waals surface area (Å²) < 4.78 is 19.1. The highest BCUT2D eigenvalue weighted by atomic mass is 35.5. The number of esters is 1. The van der Waals surface area contributed by atoms with E-state index < -0.39 is 17.4 Å². The first-order valence-electron chi connectivity index (χ1n) is 6.31. The van der Waals surface area contributed by atoms with Crippen LogP contribution in [-0.2, 0) is 16.0 Å². The molecule has 116 valence electrons. The number of nitrogens with two attached hydrogens (primary N) is 1. The van der Waals surface area contributed by atoms with Gasteiger partial charge < -0.3 is 15.7 Å². The fraction of sp³-hybridized carbons (Fsp3) is 0.429. The monoisotopic (exact) mass is 316 g/mol. The number of oxime groups is 1. The molecule has 0 amide bonds. The molecule has 3 N–H and O–H groups in total. The van der Waals surface area contributed by atoms with Crippen LogP contribution in [0.25, 0.3) is 0 Å². The normalized spacial score (nSPS) is 12.3. The largest absolute Gasteiger partial charge is 0.460 e. The zero-order valence-electron chi connectivity index (χ0n) is 12.1. The molecule has 0 saturated heterocycles. The number of carbonyl (C=O) groups is 1. The fourth-order valence-electron chi connectivity index (χ4n) is 1.66. The zero-order chi connectivity index (χ0) is 16.2. The van der Waals surface area contributed by atoms with Crippen LogP contribution in [0.1, 0.15) is 38.3 Å². The van der Waals surface area contributed by atoms with Crippen LogP contribution in [-0.4, -0.2) is 22.6 Å². The lowest BCUT2D eigenvalue weighted by atomic mass is 10.1. The van der Waals surface area contributed by atoms with Crippen molar-refractivity contribution in [2.75, 3.05) is 0 Å². The number of rotatable bonds is 4. The van der Waals surface area contributed by atoms with Gasteiger partial charge in [0.15, 0.2) is 5.84 Å². The number of halogens is 2. The van der Waals surface area contributed by atoms with Crippen molar-refractivity contribution in [1.82, 2.24) is 0 Å². The summed E-state index contributed by atoms with van der Waals surface area (Å²) in [6.07, 6.45) is 0.185. The number of hydrogen-bond donors (Lipinski definition) is 2. The van der Waals surface area contributed by atoms with Gasteiger partial charge in [-0.1, -0.05) is 16.8 Å². The first kappa shape index (κ1) is 17.2. The van der Waals surface area contributed by atoms with E-state index in [9.17, 15) is 9.18 Å². The quantitative estimate of drug-likeness (QED) is 0.294. The molecule has 0 radical (unpaired) electrons. The number of benzene rings is 1. The van der Waals surface area contributed by atoms with Gasteiger partial charge in [-0.15, -0.1) is 0 Å². The Morgan fingerprint density at radius 1 is 1.48 bits per heavy atom. The van der Waals surface area contributed by atoms with Crippen molar-refractivity contribution in [3.05, 3.63) is 34.1 Å². The van der Waals surface area contributed by atoms with Crippen LogP contribution in [0.15, 0.2) is 17.3 Å². The summed E-state index contributed by atoms with van der Waals surface area (Å²) in [6, 6.07) is 2.43. The molecule has 1 aromatic rings. The van der Waals surface area contributed by atoms with E-state index in [2.05, 4.69) is 5.16 Å². The average molecular weight is 317 g/mol. The van der Waals surface area contributed by atoms with Gasteiger partial charge >= 0.3 is 5.97 Å². The van der Waals surface area contributed by atoms with Crippen LogP contribution >= 0.6 is 11.6 Å². The third-order valence-electron chi connectivity index (χ3n) is 2.54. The predicted octanol–water partition coefficient (Wildman–Crippen LogP) is 2.85. The summed E-state index contributed by atoms with van der Waals surface area (Å²) in [4.78, 5) is 11.6. The van der Waals surface area contributed by atoms with E-state index in [1.54, 1.807) is 20.8 Å². The fourth-order valence-corrected chi connectivity index (χ4v) is 1.94. The molecule has 1 aromatic carbocycles. The van der Waals surface area contributed by atoms with Gasteiger partial charge in [0.25, 0.3) is 0 Å². The second-order valence-corrected chi connectivity index (χ2v) is 5.90. The summed E-state index contributed by atoms with van der Waals surface area (Å²) in [5.74, 6) is -1.28.